The van der Waals surface area contributed by atoms with Gasteiger partial charge in [-0.05, 0) is 24.1 Å². The van der Waals surface area contributed by atoms with Gasteiger partial charge < -0.3 is 0 Å². The first-order chi connectivity index (χ1) is 7.33. The number of fused-ring (bicyclic) bond motifs is 1. The molecule has 1 aromatic heterocycles. The van der Waals surface area contributed by atoms with Gasteiger partial charge in [-0.2, -0.15) is 0 Å². The monoisotopic (exact) mass is 343 g/mol. The number of hydrogen-bond donors (Lipinski definition) is 0. The smallest absolute Gasteiger partial charge is 0.0705 e. The SMILES string of the molecule is Br.CCCC(Br)c1ccnc2ccccc12. The molecule has 0 amide bonds. The van der Waals surface area contributed by atoms with Gasteiger partial charge in [0.1, 0.15) is 0 Å². The molecule has 0 saturated heterocycles. The van der Waals surface area contributed by atoms with Crippen LogP contribution >= 0.6 is 32.9 Å². The minimum atomic E-state index is 0. The fourth-order valence-electron chi connectivity index (χ4n) is 1.80. The predicted octanol–water partition coefficient (Wildman–Crippen LogP) is 5.05. The lowest BCUT2D eigenvalue weighted by Gasteiger charge is -2.11. The first-order valence-electron chi connectivity index (χ1n) is 5.30. The molecule has 2 aromatic rings. The van der Waals surface area contributed by atoms with Crippen LogP contribution < -0.4 is 0 Å². The third-order valence-electron chi connectivity index (χ3n) is 2.56. The summed E-state index contributed by atoms with van der Waals surface area (Å²) in [6.45, 7) is 2.21. The summed E-state index contributed by atoms with van der Waals surface area (Å²) in [4.78, 5) is 4.80. The van der Waals surface area contributed by atoms with Crippen molar-refractivity contribution in [2.24, 2.45) is 0 Å². The fourth-order valence-corrected chi connectivity index (χ4v) is 2.66. The van der Waals surface area contributed by atoms with Crippen molar-refractivity contribution >= 4 is 43.8 Å². The molecule has 1 aromatic carbocycles. The molecular weight excluding hydrogens is 330 g/mol. The Kier molecular flexibility index (Phi) is 5.42. The lowest BCUT2D eigenvalue weighted by molar-refractivity contribution is 0.792. The minimum Gasteiger partial charge on any atom is -0.256 e. The van der Waals surface area contributed by atoms with Crippen molar-refractivity contribution < 1.29 is 0 Å². The zero-order valence-corrected chi connectivity index (χ0v) is 12.5. The zero-order valence-electron chi connectivity index (χ0n) is 9.19. The Morgan fingerprint density at radius 3 is 2.75 bits per heavy atom. The van der Waals surface area contributed by atoms with Gasteiger partial charge in [0.2, 0.25) is 0 Å². The van der Waals surface area contributed by atoms with Gasteiger partial charge in [0.15, 0.2) is 0 Å². The van der Waals surface area contributed by atoms with Gasteiger partial charge in [0.05, 0.1) is 5.52 Å². The molecule has 1 unspecified atom stereocenters. The summed E-state index contributed by atoms with van der Waals surface area (Å²) in [5.41, 5.74) is 2.43. The van der Waals surface area contributed by atoms with Gasteiger partial charge in [-0.15, -0.1) is 17.0 Å². The van der Waals surface area contributed by atoms with Crippen molar-refractivity contribution in [1.82, 2.24) is 4.98 Å². The number of halogens is 2. The van der Waals surface area contributed by atoms with E-state index in [1.165, 1.54) is 17.4 Å². The van der Waals surface area contributed by atoms with Crippen molar-refractivity contribution in [2.75, 3.05) is 0 Å². The van der Waals surface area contributed by atoms with Gasteiger partial charge in [0.25, 0.3) is 0 Å². The number of alkyl halides is 1. The molecule has 16 heavy (non-hydrogen) atoms. The lowest BCUT2D eigenvalue weighted by Crippen LogP contribution is -1.92. The number of benzene rings is 1. The van der Waals surface area contributed by atoms with Crippen LogP contribution in [0.1, 0.15) is 30.2 Å². The van der Waals surface area contributed by atoms with Crippen LogP contribution in [-0.4, -0.2) is 4.98 Å². The standard InChI is InChI=1S/C13H14BrN.BrH/c1-2-5-12(14)10-8-9-15-13-7-4-3-6-11(10)13;/h3-4,6-9,12H,2,5H2,1H3;1H. The quantitative estimate of drug-likeness (QED) is 0.710. The molecule has 0 aliphatic rings. The molecule has 1 heterocycles. The van der Waals surface area contributed by atoms with Crippen LogP contribution in [-0.2, 0) is 0 Å². The summed E-state index contributed by atoms with van der Waals surface area (Å²) in [5, 5.41) is 1.26. The van der Waals surface area contributed by atoms with E-state index in [1.807, 2.05) is 12.3 Å². The third kappa shape index (κ3) is 2.83. The fraction of sp³-hybridized carbons (Fsp3) is 0.308. The van der Waals surface area contributed by atoms with Crippen molar-refractivity contribution in [3.05, 3.63) is 42.1 Å². The van der Waals surface area contributed by atoms with Crippen molar-refractivity contribution in [1.29, 1.82) is 0 Å². The van der Waals surface area contributed by atoms with Gasteiger partial charge in [-0.3, -0.25) is 4.98 Å². The predicted molar refractivity (Wildman–Crippen MR) is 78.6 cm³/mol. The van der Waals surface area contributed by atoms with E-state index in [2.05, 4.69) is 52.1 Å². The molecule has 0 bridgehead atoms. The Morgan fingerprint density at radius 2 is 2.00 bits per heavy atom. The Hall–Kier alpha value is -0.410. The first kappa shape index (κ1) is 13.7. The highest BCUT2D eigenvalue weighted by molar-refractivity contribution is 9.09. The highest BCUT2D eigenvalue weighted by Gasteiger charge is 2.09. The van der Waals surface area contributed by atoms with Gasteiger partial charge in [-0.25, -0.2) is 0 Å². The normalized spacial score (nSPS) is 12.1. The second-order valence-electron chi connectivity index (χ2n) is 3.67. The topological polar surface area (TPSA) is 12.9 Å². The molecule has 0 fully saturated rings. The van der Waals surface area contributed by atoms with E-state index in [9.17, 15) is 0 Å². The molecule has 2 rings (SSSR count). The molecule has 3 heteroatoms. The van der Waals surface area contributed by atoms with Crippen molar-refractivity contribution in [2.45, 2.75) is 24.6 Å². The largest absolute Gasteiger partial charge is 0.256 e. The van der Waals surface area contributed by atoms with E-state index >= 15 is 0 Å². The molecule has 0 aliphatic carbocycles. The van der Waals surface area contributed by atoms with Crippen LogP contribution in [0.25, 0.3) is 10.9 Å². The second kappa shape index (κ2) is 6.36. The molecular formula is C13H15Br2N. The van der Waals surface area contributed by atoms with E-state index < -0.39 is 0 Å². The highest BCUT2D eigenvalue weighted by atomic mass is 79.9. The van der Waals surface area contributed by atoms with Crippen LogP contribution in [0.5, 0.6) is 0 Å². The van der Waals surface area contributed by atoms with Crippen molar-refractivity contribution in [3.8, 4) is 0 Å². The average Bonchev–Trinajstić information content (AvgIpc) is 2.28. The molecule has 1 atom stereocenters. The Labute approximate surface area is 115 Å². The van der Waals surface area contributed by atoms with Crippen LogP contribution in [0.15, 0.2) is 36.5 Å². The van der Waals surface area contributed by atoms with Gasteiger partial charge in [-0.1, -0.05) is 47.5 Å². The summed E-state index contributed by atoms with van der Waals surface area (Å²) < 4.78 is 0. The van der Waals surface area contributed by atoms with Gasteiger partial charge in [0, 0.05) is 16.4 Å². The van der Waals surface area contributed by atoms with E-state index in [0.29, 0.717) is 4.83 Å². The van der Waals surface area contributed by atoms with E-state index in [4.69, 9.17) is 0 Å². The maximum absolute atomic E-state index is 4.36. The van der Waals surface area contributed by atoms with Gasteiger partial charge >= 0.3 is 0 Å². The maximum Gasteiger partial charge on any atom is 0.0705 e. The van der Waals surface area contributed by atoms with E-state index in [-0.39, 0.29) is 17.0 Å². The summed E-state index contributed by atoms with van der Waals surface area (Å²) in [7, 11) is 0. The molecule has 0 saturated carbocycles. The van der Waals surface area contributed by atoms with Crippen LogP contribution in [0, 0.1) is 0 Å². The lowest BCUT2D eigenvalue weighted by atomic mass is 10.0. The van der Waals surface area contributed by atoms with E-state index in [1.54, 1.807) is 0 Å². The number of nitrogens with zero attached hydrogens (tertiary/aromatic N) is 1. The average molecular weight is 345 g/mol. The third-order valence-corrected chi connectivity index (χ3v) is 3.51. The number of aromatic nitrogens is 1. The summed E-state index contributed by atoms with van der Waals surface area (Å²) in [5.74, 6) is 0. The molecule has 86 valence electrons. The molecule has 1 nitrogen and oxygen atoms in total. The first-order valence-corrected chi connectivity index (χ1v) is 6.22. The highest BCUT2D eigenvalue weighted by Crippen LogP contribution is 2.32. The Balaban J connectivity index is 0.00000128. The Morgan fingerprint density at radius 1 is 1.25 bits per heavy atom. The number of hydrogen-bond acceptors (Lipinski definition) is 1. The number of pyridine rings is 1. The summed E-state index contributed by atoms with van der Waals surface area (Å²) in [6, 6.07) is 10.4. The maximum atomic E-state index is 4.36. The minimum absolute atomic E-state index is 0. The number of para-hydroxylation sites is 1. The van der Waals surface area contributed by atoms with Crippen molar-refractivity contribution in [3.63, 3.8) is 0 Å². The Bertz CT molecular complexity index is 451. The second-order valence-corrected chi connectivity index (χ2v) is 4.78. The molecule has 0 aliphatic heterocycles. The molecule has 0 spiro atoms. The summed E-state index contributed by atoms with van der Waals surface area (Å²) >= 11 is 3.74. The van der Waals surface area contributed by atoms with Crippen LogP contribution in [0.2, 0.25) is 0 Å². The summed E-state index contributed by atoms with van der Waals surface area (Å²) in [6.07, 6.45) is 4.24. The van der Waals surface area contributed by atoms with Crippen LogP contribution in [0.3, 0.4) is 0 Å². The van der Waals surface area contributed by atoms with E-state index in [0.717, 1.165) is 11.9 Å². The molecule has 0 radical (unpaired) electrons. The number of rotatable bonds is 3. The van der Waals surface area contributed by atoms with Crippen LogP contribution in [0.4, 0.5) is 0 Å². The zero-order chi connectivity index (χ0) is 10.7. The molecule has 0 N–H and O–H groups in total.